The Labute approximate surface area is 247 Å². The zero-order valence-corrected chi connectivity index (χ0v) is 23.2. The summed E-state index contributed by atoms with van der Waals surface area (Å²) in [5.41, 5.74) is 3.88. The summed E-state index contributed by atoms with van der Waals surface area (Å²) >= 11 is 0. The monoisotopic (exact) mass is 594 g/mol. The molecular formula is C28H22N10O6+2. The average Bonchev–Trinajstić information content (AvgIpc) is 3.75. The summed E-state index contributed by atoms with van der Waals surface area (Å²) in [4.78, 5) is 27.2. The third kappa shape index (κ3) is 5.02. The van der Waals surface area contributed by atoms with Crippen LogP contribution in [-0.4, -0.2) is 54.1 Å². The van der Waals surface area contributed by atoms with E-state index in [9.17, 15) is 20.2 Å². The van der Waals surface area contributed by atoms with E-state index in [1.165, 1.54) is 56.1 Å². The average molecular weight is 595 g/mol. The van der Waals surface area contributed by atoms with Gasteiger partial charge in [-0.2, -0.15) is 0 Å². The second-order valence-electron chi connectivity index (χ2n) is 9.17. The van der Waals surface area contributed by atoms with Gasteiger partial charge in [-0.1, -0.05) is 0 Å². The number of benzene rings is 4. The van der Waals surface area contributed by atoms with Crippen molar-refractivity contribution < 1.29 is 28.9 Å². The first-order valence-electron chi connectivity index (χ1n) is 12.9. The molecule has 0 saturated heterocycles. The van der Waals surface area contributed by atoms with Gasteiger partial charge in [0.15, 0.2) is 11.5 Å². The van der Waals surface area contributed by atoms with E-state index >= 15 is 0 Å². The predicted molar refractivity (Wildman–Crippen MR) is 151 cm³/mol. The molecule has 2 heterocycles. The van der Waals surface area contributed by atoms with Crippen LogP contribution in [0.15, 0.2) is 97.6 Å². The molecule has 2 aromatic heterocycles. The highest BCUT2D eigenvalue weighted by Gasteiger charge is 2.24. The molecule has 16 nitrogen and oxygen atoms in total. The third-order valence-electron chi connectivity index (χ3n) is 6.71. The van der Waals surface area contributed by atoms with E-state index < -0.39 is 9.85 Å². The molecule has 0 aliphatic carbocycles. The van der Waals surface area contributed by atoms with Crippen LogP contribution in [0.25, 0.3) is 33.9 Å². The molecule has 0 amide bonds. The Morgan fingerprint density at radius 1 is 0.614 bits per heavy atom. The lowest BCUT2D eigenvalue weighted by Crippen LogP contribution is -2.43. The molecule has 0 unspecified atom stereocenters. The summed E-state index contributed by atoms with van der Waals surface area (Å²) in [7, 11) is 3.09. The molecule has 0 aliphatic rings. The van der Waals surface area contributed by atoms with Crippen LogP contribution in [0.3, 0.4) is 0 Å². The highest BCUT2D eigenvalue weighted by molar-refractivity contribution is 5.70. The molecule has 0 spiro atoms. The quantitative estimate of drug-likeness (QED) is 0.138. The summed E-state index contributed by atoms with van der Waals surface area (Å²) in [6.45, 7) is 0. The van der Waals surface area contributed by atoms with Gasteiger partial charge in [0.25, 0.3) is 24.0 Å². The first-order valence-corrected chi connectivity index (χ1v) is 12.9. The van der Waals surface area contributed by atoms with Crippen molar-refractivity contribution in [2.75, 3.05) is 14.2 Å². The van der Waals surface area contributed by atoms with Crippen LogP contribution in [0.1, 0.15) is 0 Å². The molecule has 0 atom stereocenters. The molecule has 6 aromatic rings. The number of aromatic nitrogens is 8. The van der Waals surface area contributed by atoms with Crippen molar-refractivity contribution >= 4 is 11.4 Å². The fourth-order valence-corrected chi connectivity index (χ4v) is 4.58. The molecule has 0 bridgehead atoms. The van der Waals surface area contributed by atoms with Crippen LogP contribution in [0.4, 0.5) is 11.4 Å². The van der Waals surface area contributed by atoms with Crippen LogP contribution >= 0.6 is 0 Å². The molecule has 0 fully saturated rings. The third-order valence-corrected chi connectivity index (χ3v) is 6.71. The summed E-state index contributed by atoms with van der Waals surface area (Å²) in [6.07, 6.45) is 2.73. The summed E-state index contributed by atoms with van der Waals surface area (Å²) in [5.74, 6) is 0.998. The number of hydrogen-bond donors (Lipinski definition) is 0. The van der Waals surface area contributed by atoms with Crippen LogP contribution in [0, 0.1) is 20.2 Å². The fourth-order valence-electron chi connectivity index (χ4n) is 4.58. The van der Waals surface area contributed by atoms with Gasteiger partial charge >= 0.3 is 0 Å². The number of nitro groups is 2. The number of hydrogen-bond acceptors (Lipinski definition) is 10. The zero-order chi connectivity index (χ0) is 30.8. The number of nitro benzene ring substituents is 2. The van der Waals surface area contributed by atoms with Crippen LogP contribution in [0.5, 0.6) is 11.5 Å². The smallest absolute Gasteiger partial charge is 0.297 e. The van der Waals surface area contributed by atoms with Gasteiger partial charge in [0.1, 0.15) is 11.4 Å². The summed E-state index contributed by atoms with van der Waals surface area (Å²) in [5, 5.41) is 39.3. The van der Waals surface area contributed by atoms with Crippen LogP contribution in [0.2, 0.25) is 0 Å². The Bertz CT molecular complexity index is 1860. The number of nitrogens with zero attached hydrogens (tertiary/aromatic N) is 10. The maximum Gasteiger partial charge on any atom is 0.297 e. The Morgan fingerprint density at radius 2 is 1.00 bits per heavy atom. The second kappa shape index (κ2) is 11.4. The van der Waals surface area contributed by atoms with Crippen molar-refractivity contribution in [1.29, 1.82) is 0 Å². The lowest BCUT2D eigenvalue weighted by molar-refractivity contribution is -0.735. The molecule has 4 aromatic carbocycles. The Balaban J connectivity index is 1.33. The second-order valence-corrected chi connectivity index (χ2v) is 9.17. The molecule has 218 valence electrons. The minimum atomic E-state index is -0.467. The standard InChI is InChI=1S/C28H22N10O6/c1-43-27-15-19(3-13-25(27)35-31-17-29-33(35)21-5-9-23(10-6-21)37(39)40)20-4-14-26(28(16-20)44-2)36-32-18-30-34(36)22-7-11-24(12-8-22)38(41)42/h3-18H,1-2H3/q+2. The van der Waals surface area contributed by atoms with Crippen molar-refractivity contribution in [2.45, 2.75) is 0 Å². The lowest BCUT2D eigenvalue weighted by Gasteiger charge is -2.11. The highest BCUT2D eigenvalue weighted by atomic mass is 16.6. The van der Waals surface area contributed by atoms with Crippen LogP contribution < -0.4 is 19.1 Å². The number of tetrazole rings is 2. The molecular weight excluding hydrogens is 572 g/mol. The van der Waals surface area contributed by atoms with Gasteiger partial charge in [-0.3, -0.25) is 20.2 Å². The van der Waals surface area contributed by atoms with Crippen molar-refractivity contribution in [2.24, 2.45) is 0 Å². The topological polar surface area (TPSA) is 174 Å². The number of rotatable bonds is 9. The molecule has 0 aliphatic heterocycles. The van der Waals surface area contributed by atoms with Crippen molar-refractivity contribution in [3.63, 3.8) is 0 Å². The van der Waals surface area contributed by atoms with E-state index in [0.29, 0.717) is 34.2 Å². The molecule has 44 heavy (non-hydrogen) atoms. The van der Waals surface area contributed by atoms with Gasteiger partial charge in [0.2, 0.25) is 11.4 Å². The maximum atomic E-state index is 11.1. The normalized spacial score (nSPS) is 10.9. The van der Waals surface area contributed by atoms with E-state index in [1.54, 1.807) is 38.5 Å². The Morgan fingerprint density at radius 3 is 1.34 bits per heavy atom. The van der Waals surface area contributed by atoms with Crippen molar-refractivity contribution in [3.8, 4) is 45.4 Å². The maximum absolute atomic E-state index is 11.1. The van der Waals surface area contributed by atoms with Gasteiger partial charge in [0, 0.05) is 33.9 Å². The van der Waals surface area contributed by atoms with E-state index in [1.807, 2.05) is 36.4 Å². The predicted octanol–water partition coefficient (Wildman–Crippen LogP) is 2.90. The van der Waals surface area contributed by atoms with Gasteiger partial charge in [-0.05, 0) is 91.6 Å². The minimum Gasteiger partial charge on any atom is -0.492 e. The Hall–Kier alpha value is -6.58. The molecule has 0 saturated carbocycles. The number of non-ortho nitro benzene ring substituents is 2. The minimum absolute atomic E-state index is 0.0335. The fraction of sp³-hybridized carbons (Fsp3) is 0.0714. The van der Waals surface area contributed by atoms with Gasteiger partial charge < -0.3 is 9.47 Å². The van der Waals surface area contributed by atoms with E-state index in [-0.39, 0.29) is 11.4 Å². The van der Waals surface area contributed by atoms with Crippen molar-refractivity contribution in [1.82, 2.24) is 30.0 Å². The van der Waals surface area contributed by atoms with Gasteiger partial charge in [-0.15, -0.1) is 0 Å². The lowest BCUT2D eigenvalue weighted by atomic mass is 10.0. The van der Waals surface area contributed by atoms with Crippen LogP contribution in [-0.2, 0) is 0 Å². The van der Waals surface area contributed by atoms with E-state index in [2.05, 4.69) is 20.4 Å². The molecule has 6 rings (SSSR count). The van der Waals surface area contributed by atoms with Gasteiger partial charge in [-0.25, -0.2) is 0 Å². The van der Waals surface area contributed by atoms with Gasteiger partial charge in [0.05, 0.1) is 34.3 Å². The first kappa shape index (κ1) is 27.6. The zero-order valence-electron chi connectivity index (χ0n) is 23.2. The SMILES string of the molecule is COc1cc(-c2ccc(-[n+]3ncnn3-c3ccc([N+](=O)[O-])cc3)c(OC)c2)ccc1-[n+]1ncnn1-c1ccc([N+](=O)[O-])cc1. The van der Waals surface area contributed by atoms with E-state index in [0.717, 1.165) is 11.1 Å². The number of ether oxygens (including phenoxy) is 2. The molecule has 0 N–H and O–H groups in total. The van der Waals surface area contributed by atoms with E-state index in [4.69, 9.17) is 9.47 Å². The van der Waals surface area contributed by atoms with Crippen molar-refractivity contribution in [3.05, 3.63) is 118 Å². The highest BCUT2D eigenvalue weighted by Crippen LogP contribution is 2.31. The Kier molecular flexibility index (Phi) is 7.12. The molecule has 0 radical (unpaired) electrons. The summed E-state index contributed by atoms with van der Waals surface area (Å²) in [6, 6.07) is 23.0. The number of methoxy groups -OCH3 is 2. The largest absolute Gasteiger partial charge is 0.492 e. The molecule has 16 heteroatoms. The first-order chi connectivity index (χ1) is 21.4. The summed E-state index contributed by atoms with van der Waals surface area (Å²) < 4.78 is 11.4.